The van der Waals surface area contributed by atoms with Gasteiger partial charge < -0.3 is 4.74 Å². The molecular weight excluding hydrogens is 398 g/mol. The zero-order valence-electron chi connectivity index (χ0n) is 17.9. The third-order valence-corrected chi connectivity index (χ3v) is 6.24. The van der Waals surface area contributed by atoms with Crippen molar-refractivity contribution >= 4 is 10.0 Å². The lowest BCUT2D eigenvalue weighted by Gasteiger charge is -2.17. The molecule has 0 fully saturated rings. The highest BCUT2D eigenvalue weighted by Crippen LogP contribution is 2.28. The third-order valence-electron chi connectivity index (χ3n) is 4.78. The fraction of sp³-hybridized carbons (Fsp3) is 0.348. The van der Waals surface area contributed by atoms with Gasteiger partial charge in [-0.05, 0) is 29.7 Å². The van der Waals surface area contributed by atoms with E-state index in [-0.39, 0.29) is 4.90 Å². The van der Waals surface area contributed by atoms with Gasteiger partial charge in [-0.3, -0.25) is 4.68 Å². The quantitative estimate of drug-likeness (QED) is 0.594. The number of aromatic nitrogens is 2. The van der Waals surface area contributed by atoms with Gasteiger partial charge in [0.1, 0.15) is 10.6 Å². The first-order valence-electron chi connectivity index (χ1n) is 9.93. The van der Waals surface area contributed by atoms with E-state index in [1.165, 1.54) is 0 Å². The van der Waals surface area contributed by atoms with Gasteiger partial charge in [0.2, 0.25) is 10.0 Å². The highest BCUT2D eigenvalue weighted by atomic mass is 32.2. The second-order valence-electron chi connectivity index (χ2n) is 8.27. The normalized spacial score (nSPS) is 12.1. The monoisotopic (exact) mass is 427 g/mol. The minimum Gasteiger partial charge on any atom is -0.497 e. The number of sulfonamides is 1. The Balaban J connectivity index is 1.77. The molecular formula is C23H29N3O3S. The Bertz CT molecular complexity index is 1070. The van der Waals surface area contributed by atoms with Crippen LogP contribution in [0.4, 0.5) is 0 Å². The molecule has 1 N–H and O–H groups in total. The Morgan fingerprint density at radius 3 is 2.27 bits per heavy atom. The second kappa shape index (κ2) is 9.02. The predicted molar refractivity (Wildman–Crippen MR) is 118 cm³/mol. The molecule has 3 rings (SSSR count). The van der Waals surface area contributed by atoms with Gasteiger partial charge >= 0.3 is 0 Å². The van der Waals surface area contributed by atoms with E-state index in [1.807, 2.05) is 75.4 Å². The van der Waals surface area contributed by atoms with Gasteiger partial charge in [-0.1, -0.05) is 63.2 Å². The van der Waals surface area contributed by atoms with Crippen LogP contribution >= 0.6 is 0 Å². The Hall–Kier alpha value is -2.64. The fourth-order valence-corrected chi connectivity index (χ4v) is 4.56. The summed E-state index contributed by atoms with van der Waals surface area (Å²) in [6, 6.07) is 17.5. The van der Waals surface area contributed by atoms with Gasteiger partial charge in [-0.25, -0.2) is 13.1 Å². The summed E-state index contributed by atoms with van der Waals surface area (Å²) in [7, 11) is -2.07. The maximum absolute atomic E-state index is 13.1. The van der Waals surface area contributed by atoms with Crippen LogP contribution < -0.4 is 9.46 Å². The number of nitrogens with zero attached hydrogens (tertiary/aromatic N) is 2. The molecule has 6 nitrogen and oxygen atoms in total. The average Bonchev–Trinajstić information content (AvgIpc) is 3.15. The molecule has 2 aromatic carbocycles. The number of ether oxygens (including phenoxy) is 1. The SMILES string of the molecule is COc1ccc(CCNS(=O)(=O)c2cn(Cc3ccccc3)nc2C(C)(C)C)cc1. The molecule has 0 spiro atoms. The molecule has 1 aromatic heterocycles. The first-order valence-corrected chi connectivity index (χ1v) is 11.4. The average molecular weight is 428 g/mol. The summed E-state index contributed by atoms with van der Waals surface area (Å²) >= 11 is 0. The van der Waals surface area contributed by atoms with E-state index in [4.69, 9.17) is 4.74 Å². The van der Waals surface area contributed by atoms with Gasteiger partial charge in [0.05, 0.1) is 19.3 Å². The van der Waals surface area contributed by atoms with Crippen LogP contribution in [0.1, 0.15) is 37.6 Å². The van der Waals surface area contributed by atoms with Crippen LogP contribution in [0.3, 0.4) is 0 Å². The number of hydrogen-bond acceptors (Lipinski definition) is 4. The largest absolute Gasteiger partial charge is 0.497 e. The third kappa shape index (κ3) is 5.49. The van der Waals surface area contributed by atoms with Crippen LogP contribution in [-0.4, -0.2) is 31.9 Å². The lowest BCUT2D eigenvalue weighted by atomic mass is 9.92. The number of methoxy groups -OCH3 is 1. The van der Waals surface area contributed by atoms with E-state index in [0.29, 0.717) is 25.2 Å². The molecule has 0 amide bonds. The Morgan fingerprint density at radius 2 is 1.67 bits per heavy atom. The van der Waals surface area contributed by atoms with E-state index in [2.05, 4.69) is 9.82 Å². The van der Waals surface area contributed by atoms with Crippen molar-refractivity contribution in [3.63, 3.8) is 0 Å². The van der Waals surface area contributed by atoms with Crippen molar-refractivity contribution in [2.45, 2.75) is 44.0 Å². The summed E-state index contributed by atoms with van der Waals surface area (Å²) in [6.07, 6.45) is 2.22. The van der Waals surface area contributed by atoms with E-state index < -0.39 is 15.4 Å². The van der Waals surface area contributed by atoms with Gasteiger partial charge in [-0.15, -0.1) is 0 Å². The number of nitrogens with one attached hydrogen (secondary N) is 1. The molecule has 0 atom stereocenters. The van der Waals surface area contributed by atoms with Crippen molar-refractivity contribution in [3.8, 4) is 5.75 Å². The van der Waals surface area contributed by atoms with E-state index in [0.717, 1.165) is 16.9 Å². The molecule has 0 bridgehead atoms. The highest BCUT2D eigenvalue weighted by Gasteiger charge is 2.29. The van der Waals surface area contributed by atoms with Crippen molar-refractivity contribution < 1.29 is 13.2 Å². The van der Waals surface area contributed by atoms with Crippen LogP contribution in [0.2, 0.25) is 0 Å². The summed E-state index contributed by atoms with van der Waals surface area (Å²) < 4.78 is 35.7. The van der Waals surface area contributed by atoms with E-state index >= 15 is 0 Å². The highest BCUT2D eigenvalue weighted by molar-refractivity contribution is 7.89. The standard InChI is InChI=1S/C23H29N3O3S/c1-23(2,3)22-21(17-26(25-22)16-19-8-6-5-7-9-19)30(27,28)24-15-14-18-10-12-20(29-4)13-11-18/h5-13,17,24H,14-16H2,1-4H3. The van der Waals surface area contributed by atoms with Crippen molar-refractivity contribution in [1.82, 2.24) is 14.5 Å². The zero-order valence-corrected chi connectivity index (χ0v) is 18.7. The molecule has 30 heavy (non-hydrogen) atoms. The van der Waals surface area contributed by atoms with Crippen LogP contribution in [0, 0.1) is 0 Å². The number of hydrogen-bond donors (Lipinski definition) is 1. The summed E-state index contributed by atoms with van der Waals surface area (Å²) in [5.41, 5.74) is 2.27. The minimum atomic E-state index is -3.69. The first kappa shape index (κ1) is 22.1. The Morgan fingerprint density at radius 1 is 1.00 bits per heavy atom. The van der Waals surface area contributed by atoms with Gasteiger partial charge in [0, 0.05) is 18.2 Å². The molecule has 0 saturated heterocycles. The van der Waals surface area contributed by atoms with Crippen LogP contribution in [0.5, 0.6) is 5.75 Å². The topological polar surface area (TPSA) is 73.2 Å². The molecule has 0 unspecified atom stereocenters. The molecule has 0 saturated carbocycles. The summed E-state index contributed by atoms with van der Waals surface area (Å²) in [5, 5.41) is 4.61. The molecule has 160 valence electrons. The van der Waals surface area contributed by atoms with E-state index in [9.17, 15) is 8.42 Å². The maximum atomic E-state index is 13.1. The lowest BCUT2D eigenvalue weighted by molar-refractivity contribution is 0.414. The van der Waals surface area contributed by atoms with Gasteiger partial charge in [-0.2, -0.15) is 5.10 Å². The fourth-order valence-electron chi connectivity index (χ4n) is 3.17. The molecule has 7 heteroatoms. The van der Waals surface area contributed by atoms with Crippen molar-refractivity contribution in [3.05, 3.63) is 77.6 Å². The predicted octanol–water partition coefficient (Wildman–Crippen LogP) is 3.76. The van der Waals surface area contributed by atoms with Gasteiger partial charge in [0.15, 0.2) is 0 Å². The summed E-state index contributed by atoms with van der Waals surface area (Å²) in [4.78, 5) is 0.237. The van der Waals surface area contributed by atoms with Crippen molar-refractivity contribution in [2.24, 2.45) is 0 Å². The smallest absolute Gasteiger partial charge is 0.244 e. The maximum Gasteiger partial charge on any atom is 0.244 e. The molecule has 0 radical (unpaired) electrons. The summed E-state index contributed by atoms with van der Waals surface area (Å²) in [6.45, 7) is 6.74. The van der Waals surface area contributed by atoms with E-state index in [1.54, 1.807) is 18.0 Å². The summed E-state index contributed by atoms with van der Waals surface area (Å²) in [5.74, 6) is 0.778. The molecule has 0 aliphatic rings. The zero-order chi connectivity index (χ0) is 21.8. The molecule has 1 heterocycles. The van der Waals surface area contributed by atoms with Gasteiger partial charge in [0.25, 0.3) is 0 Å². The lowest BCUT2D eigenvalue weighted by Crippen LogP contribution is -2.28. The van der Waals surface area contributed by atoms with Crippen molar-refractivity contribution in [2.75, 3.05) is 13.7 Å². The first-order chi connectivity index (χ1) is 14.2. The second-order valence-corrected chi connectivity index (χ2v) is 10.0. The van der Waals surface area contributed by atoms with Crippen LogP contribution in [0.15, 0.2) is 65.7 Å². The van der Waals surface area contributed by atoms with Crippen LogP contribution in [-0.2, 0) is 28.4 Å². The van der Waals surface area contributed by atoms with Crippen molar-refractivity contribution in [1.29, 1.82) is 0 Å². The minimum absolute atomic E-state index is 0.237. The molecule has 3 aromatic rings. The molecule has 0 aliphatic carbocycles. The Kier molecular flexibility index (Phi) is 6.63. The van der Waals surface area contributed by atoms with Crippen LogP contribution in [0.25, 0.3) is 0 Å². The Labute approximate surface area is 178 Å². The molecule has 0 aliphatic heterocycles. The number of benzene rings is 2. The number of rotatable bonds is 8.